The summed E-state index contributed by atoms with van der Waals surface area (Å²) in [5.74, 6) is 0.763. The molecule has 2 rings (SSSR count). The van der Waals surface area contributed by atoms with Gasteiger partial charge in [-0.2, -0.15) is 0 Å². The molecule has 1 heterocycles. The molecule has 0 aromatic carbocycles. The lowest BCUT2D eigenvalue weighted by atomic mass is 10.0. The fraction of sp³-hybridized carbons (Fsp3) is 0.722. The molecule has 25 heavy (non-hydrogen) atoms. The maximum absolute atomic E-state index is 11.9. The summed E-state index contributed by atoms with van der Waals surface area (Å²) in [5, 5.41) is 4.56. The average molecular weight is 366 g/mol. The summed E-state index contributed by atoms with van der Waals surface area (Å²) >= 11 is 1.82. The molecule has 0 saturated heterocycles. The van der Waals surface area contributed by atoms with Gasteiger partial charge in [-0.15, -0.1) is 11.3 Å². The van der Waals surface area contributed by atoms with Crippen LogP contribution in [-0.4, -0.2) is 60.4 Å². The van der Waals surface area contributed by atoms with Gasteiger partial charge in [0.05, 0.1) is 12.2 Å². The Kier molecular flexibility index (Phi) is 7.23. The Balaban J connectivity index is 2.07. The van der Waals surface area contributed by atoms with Gasteiger partial charge in [-0.25, -0.2) is 9.98 Å². The zero-order chi connectivity index (χ0) is 18.4. The second-order valence-corrected chi connectivity index (χ2v) is 8.09. The van der Waals surface area contributed by atoms with Crippen molar-refractivity contribution in [1.29, 1.82) is 0 Å². The second-order valence-electron chi connectivity index (χ2n) is 6.92. The Bertz CT molecular complexity index is 587. The molecule has 0 spiro atoms. The summed E-state index contributed by atoms with van der Waals surface area (Å²) in [4.78, 5) is 26.3. The van der Waals surface area contributed by atoms with Crippen LogP contribution in [0, 0.1) is 0 Å². The van der Waals surface area contributed by atoms with Crippen LogP contribution in [0.3, 0.4) is 0 Å². The number of rotatable bonds is 6. The zero-order valence-electron chi connectivity index (χ0n) is 16.1. The number of nitrogens with one attached hydrogen (secondary N) is 1. The molecule has 7 heteroatoms. The van der Waals surface area contributed by atoms with Crippen molar-refractivity contribution < 1.29 is 4.79 Å². The lowest BCUT2D eigenvalue weighted by Crippen LogP contribution is -2.43. The maximum Gasteiger partial charge on any atom is 0.243 e. The van der Waals surface area contributed by atoms with E-state index in [1.54, 1.807) is 19.0 Å². The van der Waals surface area contributed by atoms with Crippen molar-refractivity contribution in [3.63, 3.8) is 0 Å². The van der Waals surface area contributed by atoms with Crippen molar-refractivity contribution >= 4 is 23.2 Å². The van der Waals surface area contributed by atoms with Crippen molar-refractivity contribution in [2.24, 2.45) is 4.99 Å². The van der Waals surface area contributed by atoms with Crippen LogP contribution < -0.4 is 5.32 Å². The summed E-state index contributed by atoms with van der Waals surface area (Å²) < 4.78 is 0. The SMILES string of the molecule is CCC(C)NC(=NCC(=O)N(C)C)N(C)Cc1nc2c(s1)CCCC2. The first-order valence-corrected chi connectivity index (χ1v) is 9.92. The molecule has 0 aliphatic heterocycles. The first-order valence-electron chi connectivity index (χ1n) is 9.10. The molecule has 1 aliphatic rings. The van der Waals surface area contributed by atoms with Gasteiger partial charge in [-0.1, -0.05) is 6.92 Å². The highest BCUT2D eigenvalue weighted by Crippen LogP contribution is 2.27. The van der Waals surface area contributed by atoms with E-state index in [9.17, 15) is 4.79 Å². The standard InChI is InChI=1S/C18H31N5OS/c1-6-13(2)20-18(19-11-17(24)22(3)4)23(5)12-16-21-14-9-7-8-10-15(14)25-16/h13H,6-12H2,1-5H3,(H,19,20). The first kappa shape index (κ1) is 19.7. The highest BCUT2D eigenvalue weighted by atomic mass is 32.1. The van der Waals surface area contributed by atoms with Gasteiger partial charge >= 0.3 is 0 Å². The van der Waals surface area contributed by atoms with Gasteiger partial charge in [0.25, 0.3) is 0 Å². The Labute approximate surface area is 155 Å². The number of aromatic nitrogens is 1. The van der Waals surface area contributed by atoms with Crippen LogP contribution in [0.1, 0.15) is 48.7 Å². The molecule has 1 atom stereocenters. The van der Waals surface area contributed by atoms with Crippen molar-refractivity contribution in [1.82, 2.24) is 20.1 Å². The van der Waals surface area contributed by atoms with Gasteiger partial charge in [0, 0.05) is 32.1 Å². The van der Waals surface area contributed by atoms with Crippen molar-refractivity contribution in [3.8, 4) is 0 Å². The normalized spacial score (nSPS) is 15.5. The van der Waals surface area contributed by atoms with Crippen molar-refractivity contribution in [2.75, 3.05) is 27.7 Å². The second kappa shape index (κ2) is 9.17. The van der Waals surface area contributed by atoms with E-state index in [-0.39, 0.29) is 12.5 Å². The van der Waals surface area contributed by atoms with Crippen LogP contribution >= 0.6 is 11.3 Å². The number of nitrogens with zero attached hydrogens (tertiary/aromatic N) is 4. The number of carbonyl (C=O) groups is 1. The monoisotopic (exact) mass is 365 g/mol. The van der Waals surface area contributed by atoms with Gasteiger partial charge < -0.3 is 15.1 Å². The van der Waals surface area contributed by atoms with E-state index in [0.29, 0.717) is 6.04 Å². The highest BCUT2D eigenvalue weighted by Gasteiger charge is 2.18. The van der Waals surface area contributed by atoms with Crippen LogP contribution in [0.5, 0.6) is 0 Å². The molecule has 0 saturated carbocycles. The molecule has 1 aliphatic carbocycles. The summed E-state index contributed by atoms with van der Waals surface area (Å²) in [7, 11) is 5.52. The zero-order valence-corrected chi connectivity index (χ0v) is 16.9. The first-order chi connectivity index (χ1) is 11.9. The third-order valence-electron chi connectivity index (χ3n) is 4.47. The van der Waals surface area contributed by atoms with E-state index in [2.05, 4.69) is 29.1 Å². The average Bonchev–Trinajstić information content (AvgIpc) is 2.99. The number of aliphatic imine (C=N–C) groups is 1. The Morgan fingerprint density at radius 1 is 1.32 bits per heavy atom. The summed E-state index contributed by atoms with van der Waals surface area (Å²) in [6, 6.07) is 0.306. The largest absolute Gasteiger partial charge is 0.354 e. The van der Waals surface area contributed by atoms with E-state index < -0.39 is 0 Å². The summed E-state index contributed by atoms with van der Waals surface area (Å²) in [5.41, 5.74) is 1.29. The minimum absolute atomic E-state index is 0.00145. The molecule has 1 N–H and O–H groups in total. The number of hydrogen-bond donors (Lipinski definition) is 1. The number of aryl methyl sites for hydroxylation is 2. The van der Waals surface area contributed by atoms with Crippen LogP contribution in [-0.2, 0) is 24.2 Å². The van der Waals surface area contributed by atoms with E-state index in [1.807, 2.05) is 18.4 Å². The molecule has 0 fully saturated rings. The minimum Gasteiger partial charge on any atom is -0.354 e. The third kappa shape index (κ3) is 5.70. The number of guanidine groups is 1. The fourth-order valence-electron chi connectivity index (χ4n) is 2.63. The molecule has 1 amide bonds. The Hall–Kier alpha value is -1.63. The van der Waals surface area contributed by atoms with Gasteiger partial charge in [0.2, 0.25) is 5.91 Å². The molecule has 1 unspecified atom stereocenters. The van der Waals surface area contributed by atoms with Crippen molar-refractivity contribution in [2.45, 2.75) is 58.5 Å². The number of carbonyl (C=O) groups excluding carboxylic acids is 1. The molecular weight excluding hydrogens is 334 g/mol. The number of amides is 1. The Morgan fingerprint density at radius 2 is 2.04 bits per heavy atom. The predicted octanol–water partition coefficient (Wildman–Crippen LogP) is 2.29. The van der Waals surface area contributed by atoms with E-state index in [1.165, 1.54) is 29.8 Å². The van der Waals surface area contributed by atoms with Gasteiger partial charge in [0.1, 0.15) is 11.6 Å². The van der Waals surface area contributed by atoms with E-state index in [0.717, 1.165) is 30.4 Å². The quantitative estimate of drug-likeness (QED) is 0.621. The molecule has 1 aromatic heterocycles. The van der Waals surface area contributed by atoms with Crippen LogP contribution in [0.15, 0.2) is 4.99 Å². The van der Waals surface area contributed by atoms with Crippen LogP contribution in [0.25, 0.3) is 0 Å². The molecule has 0 radical (unpaired) electrons. The number of thiazole rings is 1. The topological polar surface area (TPSA) is 60.8 Å². The molecule has 0 bridgehead atoms. The maximum atomic E-state index is 11.9. The fourth-order valence-corrected chi connectivity index (χ4v) is 3.84. The molecule has 6 nitrogen and oxygen atoms in total. The highest BCUT2D eigenvalue weighted by molar-refractivity contribution is 7.11. The molecular formula is C18H31N5OS. The summed E-state index contributed by atoms with van der Waals surface area (Å²) in [6.07, 6.45) is 5.80. The number of likely N-dealkylation sites (N-methyl/N-ethyl adjacent to an activating group) is 1. The minimum atomic E-state index is 0.00145. The third-order valence-corrected chi connectivity index (χ3v) is 5.62. The van der Waals surface area contributed by atoms with Gasteiger partial charge in [-0.05, 0) is 39.0 Å². The van der Waals surface area contributed by atoms with Crippen molar-refractivity contribution in [3.05, 3.63) is 15.6 Å². The van der Waals surface area contributed by atoms with Gasteiger partial charge in [-0.3, -0.25) is 4.79 Å². The predicted molar refractivity (Wildman–Crippen MR) is 104 cm³/mol. The number of fused-ring (bicyclic) bond motifs is 1. The van der Waals surface area contributed by atoms with E-state index in [4.69, 9.17) is 4.98 Å². The molecule has 1 aromatic rings. The lowest BCUT2D eigenvalue weighted by Gasteiger charge is -2.24. The Morgan fingerprint density at radius 3 is 2.68 bits per heavy atom. The lowest BCUT2D eigenvalue weighted by molar-refractivity contribution is -0.127. The van der Waals surface area contributed by atoms with Crippen LogP contribution in [0.4, 0.5) is 0 Å². The number of hydrogen-bond acceptors (Lipinski definition) is 4. The van der Waals surface area contributed by atoms with Gasteiger partial charge in [0.15, 0.2) is 5.96 Å². The molecule has 140 valence electrons. The smallest absolute Gasteiger partial charge is 0.243 e. The van der Waals surface area contributed by atoms with Crippen LogP contribution in [0.2, 0.25) is 0 Å². The van der Waals surface area contributed by atoms with E-state index >= 15 is 0 Å². The summed E-state index contributed by atoms with van der Waals surface area (Å²) in [6.45, 7) is 5.13.